The van der Waals surface area contributed by atoms with E-state index < -0.39 is 14.2 Å². The van der Waals surface area contributed by atoms with Crippen LogP contribution in [0, 0.1) is 0 Å². The van der Waals surface area contributed by atoms with E-state index in [0.717, 1.165) is 19.6 Å². The molecule has 0 aromatic rings. The largest absolute Gasteiger partial charge is 0.465 e. The van der Waals surface area contributed by atoms with Crippen LogP contribution < -0.4 is 5.32 Å². The first kappa shape index (κ1) is 12.3. The van der Waals surface area contributed by atoms with E-state index >= 15 is 0 Å². The molecule has 4 nitrogen and oxygen atoms in total. The highest BCUT2D eigenvalue weighted by Gasteiger charge is 2.32. The zero-order chi connectivity index (χ0) is 11.3. The van der Waals surface area contributed by atoms with Crippen molar-refractivity contribution in [3.8, 4) is 0 Å². The Balaban J connectivity index is 2.33. The van der Waals surface area contributed by atoms with Crippen molar-refractivity contribution < 1.29 is 9.90 Å². The summed E-state index contributed by atoms with van der Waals surface area (Å²) < 4.78 is 0. The topological polar surface area (TPSA) is 52.6 Å². The standard InChI is InChI=1S/C10H20N2O2Si/c1-3-4-12-5-7-15(2,8-6-12)9-11-10(13)14/h3,11H,1,4-9H2,2H3,(H,13,14). The van der Waals surface area contributed by atoms with Gasteiger partial charge >= 0.3 is 6.09 Å². The van der Waals surface area contributed by atoms with Crippen LogP contribution >= 0.6 is 0 Å². The summed E-state index contributed by atoms with van der Waals surface area (Å²) in [5, 5.41) is 11.1. The monoisotopic (exact) mass is 228 g/mol. The molecule has 15 heavy (non-hydrogen) atoms. The first-order valence-corrected chi connectivity index (χ1v) is 8.48. The zero-order valence-corrected chi connectivity index (χ0v) is 10.3. The zero-order valence-electron chi connectivity index (χ0n) is 9.33. The molecular formula is C10H20N2O2Si. The number of nitrogens with one attached hydrogen (secondary N) is 1. The Morgan fingerprint density at radius 3 is 2.67 bits per heavy atom. The quantitative estimate of drug-likeness (QED) is 0.564. The minimum absolute atomic E-state index is 0.699. The third-order valence-electron chi connectivity index (χ3n) is 3.12. The van der Waals surface area contributed by atoms with Crippen LogP contribution in [0.4, 0.5) is 4.79 Å². The van der Waals surface area contributed by atoms with Crippen LogP contribution in [0.3, 0.4) is 0 Å². The third kappa shape index (κ3) is 4.05. The molecule has 86 valence electrons. The van der Waals surface area contributed by atoms with Crippen molar-refractivity contribution >= 4 is 14.2 Å². The molecule has 0 radical (unpaired) electrons. The molecule has 5 heteroatoms. The van der Waals surface area contributed by atoms with Gasteiger partial charge in [0, 0.05) is 12.7 Å². The van der Waals surface area contributed by atoms with E-state index in [1.165, 1.54) is 12.1 Å². The van der Waals surface area contributed by atoms with Crippen LogP contribution in [0.5, 0.6) is 0 Å². The van der Waals surface area contributed by atoms with Crippen molar-refractivity contribution in [3.63, 3.8) is 0 Å². The minimum Gasteiger partial charge on any atom is -0.465 e. The first-order chi connectivity index (χ1) is 7.06. The Morgan fingerprint density at radius 1 is 1.60 bits per heavy atom. The SMILES string of the molecule is C=CCN1CC[Si](C)(CNC(=O)O)CC1. The van der Waals surface area contributed by atoms with Gasteiger partial charge in [0.15, 0.2) is 0 Å². The van der Waals surface area contributed by atoms with Crippen molar-refractivity contribution in [3.05, 3.63) is 12.7 Å². The highest BCUT2D eigenvalue weighted by Crippen LogP contribution is 2.21. The molecule has 2 N–H and O–H groups in total. The molecule has 0 aromatic heterocycles. The molecule has 1 heterocycles. The van der Waals surface area contributed by atoms with Crippen LogP contribution in [0.25, 0.3) is 0 Å². The highest BCUT2D eigenvalue weighted by molar-refractivity contribution is 6.79. The van der Waals surface area contributed by atoms with Crippen LogP contribution in [0.15, 0.2) is 12.7 Å². The Hall–Kier alpha value is -0.813. The molecule has 0 aromatic carbocycles. The fraction of sp³-hybridized carbons (Fsp3) is 0.700. The number of hydrogen-bond donors (Lipinski definition) is 2. The molecule has 1 aliphatic rings. The Labute approximate surface area is 92.0 Å². The number of carbonyl (C=O) groups is 1. The van der Waals surface area contributed by atoms with Crippen molar-refractivity contribution in [1.29, 1.82) is 0 Å². The lowest BCUT2D eigenvalue weighted by Crippen LogP contribution is -2.51. The fourth-order valence-electron chi connectivity index (χ4n) is 1.92. The van der Waals surface area contributed by atoms with Crippen LogP contribution in [-0.2, 0) is 0 Å². The Bertz CT molecular complexity index is 238. The summed E-state index contributed by atoms with van der Waals surface area (Å²) in [7, 11) is -1.34. The van der Waals surface area contributed by atoms with Gasteiger partial charge in [-0.05, 0) is 25.2 Å². The maximum atomic E-state index is 10.4. The van der Waals surface area contributed by atoms with Gasteiger partial charge in [0.25, 0.3) is 0 Å². The van der Waals surface area contributed by atoms with E-state index in [1.807, 2.05) is 6.08 Å². The number of amides is 1. The molecule has 0 unspecified atom stereocenters. The summed E-state index contributed by atoms with van der Waals surface area (Å²) in [5.41, 5.74) is 0. The van der Waals surface area contributed by atoms with Crippen molar-refractivity contribution in [1.82, 2.24) is 10.2 Å². The Kier molecular flexibility index (Phi) is 4.35. The van der Waals surface area contributed by atoms with E-state index in [2.05, 4.69) is 23.3 Å². The molecule has 1 rings (SSSR count). The molecule has 1 fully saturated rings. The number of nitrogens with zero attached hydrogens (tertiary/aromatic N) is 1. The molecule has 1 aliphatic heterocycles. The van der Waals surface area contributed by atoms with E-state index in [-0.39, 0.29) is 0 Å². The number of rotatable bonds is 4. The normalized spacial score (nSPS) is 20.9. The molecule has 0 aliphatic carbocycles. The highest BCUT2D eigenvalue weighted by atomic mass is 28.3. The van der Waals surface area contributed by atoms with Gasteiger partial charge in [-0.25, -0.2) is 4.79 Å². The molecule has 1 amide bonds. The smallest absolute Gasteiger partial charge is 0.404 e. The summed E-state index contributed by atoms with van der Waals surface area (Å²) in [6, 6.07) is 2.36. The molecule has 0 bridgehead atoms. The van der Waals surface area contributed by atoms with Gasteiger partial charge in [-0.3, -0.25) is 0 Å². The number of carboxylic acid groups (broad SMARTS) is 1. The average Bonchev–Trinajstić information content (AvgIpc) is 2.20. The molecule has 1 saturated heterocycles. The summed E-state index contributed by atoms with van der Waals surface area (Å²) in [5.74, 6) is 0. The predicted molar refractivity (Wildman–Crippen MR) is 63.9 cm³/mol. The molecule has 0 saturated carbocycles. The summed E-state index contributed by atoms with van der Waals surface area (Å²) in [6.07, 6.45) is 1.74. The third-order valence-corrected chi connectivity index (χ3v) is 7.01. The van der Waals surface area contributed by atoms with Gasteiger partial charge in [-0.2, -0.15) is 0 Å². The van der Waals surface area contributed by atoms with Gasteiger partial charge in [0.1, 0.15) is 0 Å². The molecular weight excluding hydrogens is 208 g/mol. The minimum atomic E-state index is -1.34. The second-order valence-electron chi connectivity index (χ2n) is 4.56. The lowest BCUT2D eigenvalue weighted by atomic mass is 10.4. The average molecular weight is 228 g/mol. The van der Waals surface area contributed by atoms with E-state index in [9.17, 15) is 4.79 Å². The van der Waals surface area contributed by atoms with Crippen molar-refractivity contribution in [2.24, 2.45) is 0 Å². The first-order valence-electron chi connectivity index (χ1n) is 5.36. The van der Waals surface area contributed by atoms with Gasteiger partial charge in [0.2, 0.25) is 0 Å². The molecule has 0 spiro atoms. The summed E-state index contributed by atoms with van der Waals surface area (Å²) in [4.78, 5) is 12.8. The second-order valence-corrected chi connectivity index (χ2v) is 9.53. The van der Waals surface area contributed by atoms with Gasteiger partial charge in [0.05, 0.1) is 8.07 Å². The van der Waals surface area contributed by atoms with Crippen molar-refractivity contribution in [2.45, 2.75) is 18.6 Å². The predicted octanol–water partition coefficient (Wildman–Crippen LogP) is 1.37. The summed E-state index contributed by atoms with van der Waals surface area (Å²) in [6.45, 7) is 9.16. The maximum absolute atomic E-state index is 10.4. The van der Waals surface area contributed by atoms with Crippen LogP contribution in [-0.4, -0.2) is 50.0 Å². The van der Waals surface area contributed by atoms with Gasteiger partial charge in [-0.1, -0.05) is 12.6 Å². The van der Waals surface area contributed by atoms with E-state index in [0.29, 0.717) is 6.17 Å². The van der Waals surface area contributed by atoms with Gasteiger partial charge in [-0.15, -0.1) is 6.58 Å². The van der Waals surface area contributed by atoms with E-state index in [4.69, 9.17) is 5.11 Å². The van der Waals surface area contributed by atoms with Crippen molar-refractivity contribution in [2.75, 3.05) is 25.8 Å². The van der Waals surface area contributed by atoms with Gasteiger partial charge < -0.3 is 15.3 Å². The molecule has 0 atom stereocenters. The van der Waals surface area contributed by atoms with E-state index in [1.54, 1.807) is 0 Å². The number of hydrogen-bond acceptors (Lipinski definition) is 2. The Morgan fingerprint density at radius 2 is 2.20 bits per heavy atom. The van der Waals surface area contributed by atoms with Crippen LogP contribution in [0.2, 0.25) is 18.6 Å². The lowest BCUT2D eigenvalue weighted by Gasteiger charge is -2.37. The fourth-order valence-corrected chi connectivity index (χ4v) is 4.82. The lowest BCUT2D eigenvalue weighted by molar-refractivity contribution is 0.196. The maximum Gasteiger partial charge on any atom is 0.404 e. The second kappa shape index (κ2) is 5.32. The van der Waals surface area contributed by atoms with Crippen LogP contribution in [0.1, 0.15) is 0 Å². The summed E-state index contributed by atoms with van der Waals surface area (Å²) >= 11 is 0.